The first kappa shape index (κ1) is 16.6. The van der Waals surface area contributed by atoms with Crippen LogP contribution in [-0.2, 0) is 4.79 Å². The Balaban J connectivity index is 1.61. The highest BCUT2D eigenvalue weighted by atomic mass is 79.9. The first-order valence-electron chi connectivity index (χ1n) is 10.1. The third-order valence-electron chi connectivity index (χ3n) is 9.10. The van der Waals surface area contributed by atoms with Crippen molar-refractivity contribution in [3.8, 4) is 0 Å². The van der Waals surface area contributed by atoms with Crippen LogP contribution in [0.15, 0.2) is 0 Å². The van der Waals surface area contributed by atoms with E-state index in [1.165, 1.54) is 57.8 Å². The van der Waals surface area contributed by atoms with Crippen LogP contribution in [0.5, 0.6) is 0 Å². The zero-order chi connectivity index (χ0) is 16.2. The number of ketones is 1. The van der Waals surface area contributed by atoms with Gasteiger partial charge in [0.2, 0.25) is 0 Å². The summed E-state index contributed by atoms with van der Waals surface area (Å²) in [5.74, 6) is 4.52. The van der Waals surface area contributed by atoms with Crippen molar-refractivity contribution in [3.05, 3.63) is 0 Å². The summed E-state index contributed by atoms with van der Waals surface area (Å²) in [5, 5.41) is 0.563. The van der Waals surface area contributed by atoms with Gasteiger partial charge in [-0.3, -0.25) is 4.79 Å². The maximum atomic E-state index is 12.5. The van der Waals surface area contributed by atoms with Gasteiger partial charge in [0, 0.05) is 5.92 Å². The molecular formula is C21H33BrO. The molecule has 0 bridgehead atoms. The van der Waals surface area contributed by atoms with Gasteiger partial charge in [-0.05, 0) is 85.9 Å². The minimum absolute atomic E-state index is 0.309. The Bertz CT molecular complexity index is 488. The molecule has 0 aromatic heterocycles. The lowest BCUT2D eigenvalue weighted by Gasteiger charge is -2.60. The molecule has 7 atom stereocenters. The van der Waals surface area contributed by atoms with Crippen molar-refractivity contribution in [2.45, 2.75) is 78.1 Å². The highest BCUT2D eigenvalue weighted by molar-refractivity contribution is 9.09. The molecular weight excluding hydrogens is 348 g/mol. The molecule has 0 amide bonds. The van der Waals surface area contributed by atoms with Crippen molar-refractivity contribution in [2.75, 3.05) is 5.33 Å². The Kier molecular flexibility index (Phi) is 4.23. The van der Waals surface area contributed by atoms with Crippen LogP contribution in [0.3, 0.4) is 0 Å². The fourth-order valence-electron chi connectivity index (χ4n) is 7.92. The quantitative estimate of drug-likeness (QED) is 0.536. The van der Waals surface area contributed by atoms with Gasteiger partial charge in [0.05, 0.1) is 5.33 Å². The molecule has 4 fully saturated rings. The zero-order valence-corrected chi connectivity index (χ0v) is 16.5. The van der Waals surface area contributed by atoms with Crippen LogP contribution >= 0.6 is 15.9 Å². The number of fused-ring (bicyclic) bond motifs is 5. The molecule has 4 aliphatic carbocycles. The third-order valence-corrected chi connectivity index (χ3v) is 9.66. The predicted octanol–water partition coefficient (Wildman–Crippen LogP) is 6.00. The third kappa shape index (κ3) is 2.33. The van der Waals surface area contributed by atoms with E-state index in [0.29, 0.717) is 27.9 Å². The van der Waals surface area contributed by atoms with Crippen LogP contribution in [0.1, 0.15) is 78.1 Å². The number of hydrogen-bond donors (Lipinski definition) is 0. The number of carbonyl (C=O) groups is 1. The van der Waals surface area contributed by atoms with Crippen LogP contribution in [-0.4, -0.2) is 11.1 Å². The fraction of sp³-hybridized carbons (Fsp3) is 0.952. The second-order valence-corrected chi connectivity index (χ2v) is 10.2. The Hall–Kier alpha value is 0.150. The lowest BCUT2D eigenvalue weighted by atomic mass is 9.45. The molecule has 130 valence electrons. The van der Waals surface area contributed by atoms with Gasteiger partial charge in [-0.1, -0.05) is 42.6 Å². The van der Waals surface area contributed by atoms with E-state index in [-0.39, 0.29) is 0 Å². The molecule has 0 radical (unpaired) electrons. The fourth-order valence-corrected chi connectivity index (χ4v) is 8.31. The monoisotopic (exact) mass is 380 g/mol. The maximum absolute atomic E-state index is 12.5. The van der Waals surface area contributed by atoms with E-state index in [0.717, 1.165) is 30.1 Å². The van der Waals surface area contributed by atoms with Crippen molar-refractivity contribution in [1.29, 1.82) is 0 Å². The minimum Gasteiger partial charge on any atom is -0.298 e. The van der Waals surface area contributed by atoms with E-state index in [1.807, 2.05) is 0 Å². The van der Waals surface area contributed by atoms with Gasteiger partial charge in [0.15, 0.2) is 0 Å². The number of carbonyl (C=O) groups excluding carboxylic acids is 1. The smallest absolute Gasteiger partial charge is 0.147 e. The van der Waals surface area contributed by atoms with E-state index in [4.69, 9.17) is 0 Å². The van der Waals surface area contributed by atoms with Gasteiger partial charge in [0.25, 0.3) is 0 Å². The molecule has 0 saturated heterocycles. The molecule has 0 heterocycles. The average molecular weight is 381 g/mol. The topological polar surface area (TPSA) is 17.1 Å². The standard InChI is InChI=1S/C21H33BrO/c1-20-11-4-3-5-14(20)6-7-15-16-8-9-18(19(23)13-22)21(16,2)12-10-17(15)20/h14-18H,3-13H2,1-2H3/t14?,15-,16-,17-,18+,20-,21-/m0/s1. The van der Waals surface area contributed by atoms with E-state index < -0.39 is 0 Å². The molecule has 4 saturated carbocycles. The predicted molar refractivity (Wildman–Crippen MR) is 98.6 cm³/mol. The van der Waals surface area contributed by atoms with Crippen LogP contribution in [0.4, 0.5) is 0 Å². The van der Waals surface area contributed by atoms with Crippen molar-refractivity contribution in [2.24, 2.45) is 40.4 Å². The number of halogens is 1. The van der Waals surface area contributed by atoms with Crippen molar-refractivity contribution >= 4 is 21.7 Å². The summed E-state index contributed by atoms with van der Waals surface area (Å²) in [7, 11) is 0. The molecule has 23 heavy (non-hydrogen) atoms. The maximum Gasteiger partial charge on any atom is 0.147 e. The summed E-state index contributed by atoms with van der Waals surface area (Å²) < 4.78 is 0. The molecule has 2 heteroatoms. The molecule has 0 aromatic carbocycles. The van der Waals surface area contributed by atoms with E-state index in [9.17, 15) is 4.79 Å². The number of Topliss-reactive ketones (excluding diaryl/α,β-unsaturated/α-hetero) is 1. The summed E-state index contributed by atoms with van der Waals surface area (Å²) in [6.45, 7) is 5.12. The average Bonchev–Trinajstić information content (AvgIpc) is 2.91. The lowest BCUT2D eigenvalue weighted by molar-refractivity contribution is -0.133. The van der Waals surface area contributed by atoms with Gasteiger partial charge < -0.3 is 0 Å². The van der Waals surface area contributed by atoms with Crippen molar-refractivity contribution in [3.63, 3.8) is 0 Å². The second-order valence-electron chi connectivity index (χ2n) is 9.68. The second kappa shape index (κ2) is 5.85. The SMILES string of the molecule is C[C@]12CC[C@H]3[C@@H](CCC4CCCC[C@@]43C)[C@@H]1CC[C@@H]2C(=O)CBr. The molecule has 1 nitrogen and oxygen atoms in total. The molecule has 4 rings (SSSR count). The van der Waals surface area contributed by atoms with Crippen LogP contribution in [0.25, 0.3) is 0 Å². The first-order chi connectivity index (χ1) is 11.0. The molecule has 0 aromatic rings. The number of rotatable bonds is 2. The van der Waals surface area contributed by atoms with Gasteiger partial charge in [-0.15, -0.1) is 0 Å². The van der Waals surface area contributed by atoms with E-state index in [2.05, 4.69) is 29.8 Å². The van der Waals surface area contributed by atoms with Crippen LogP contribution < -0.4 is 0 Å². The summed E-state index contributed by atoms with van der Waals surface area (Å²) in [6.07, 6.45) is 14.0. The highest BCUT2D eigenvalue weighted by Gasteiger charge is 2.60. The molecule has 0 spiro atoms. The van der Waals surface area contributed by atoms with Gasteiger partial charge >= 0.3 is 0 Å². The van der Waals surface area contributed by atoms with Crippen molar-refractivity contribution in [1.82, 2.24) is 0 Å². The Labute approximate surface area is 150 Å². The van der Waals surface area contributed by atoms with Crippen molar-refractivity contribution < 1.29 is 4.79 Å². The normalized spacial score (nSPS) is 52.4. The highest BCUT2D eigenvalue weighted by Crippen LogP contribution is 2.67. The van der Waals surface area contributed by atoms with Gasteiger partial charge in [-0.25, -0.2) is 0 Å². The summed E-state index contributed by atoms with van der Waals surface area (Å²) in [5.41, 5.74) is 0.934. The van der Waals surface area contributed by atoms with Gasteiger partial charge in [0.1, 0.15) is 5.78 Å². The number of alkyl halides is 1. The van der Waals surface area contributed by atoms with Crippen LogP contribution in [0, 0.1) is 40.4 Å². The zero-order valence-electron chi connectivity index (χ0n) is 15.0. The molecule has 4 aliphatic rings. The first-order valence-corrected chi connectivity index (χ1v) is 11.2. The van der Waals surface area contributed by atoms with Gasteiger partial charge in [-0.2, -0.15) is 0 Å². The Morgan fingerprint density at radius 3 is 2.48 bits per heavy atom. The largest absolute Gasteiger partial charge is 0.298 e. The Morgan fingerprint density at radius 2 is 1.70 bits per heavy atom. The minimum atomic E-state index is 0.309. The number of hydrogen-bond acceptors (Lipinski definition) is 1. The Morgan fingerprint density at radius 1 is 0.913 bits per heavy atom. The summed E-state index contributed by atoms with van der Waals surface area (Å²) in [6, 6.07) is 0. The van der Waals surface area contributed by atoms with E-state index >= 15 is 0 Å². The summed E-state index contributed by atoms with van der Waals surface area (Å²) in [4.78, 5) is 12.5. The van der Waals surface area contributed by atoms with Crippen LogP contribution in [0.2, 0.25) is 0 Å². The van der Waals surface area contributed by atoms with E-state index in [1.54, 1.807) is 0 Å². The molecule has 0 N–H and O–H groups in total. The molecule has 1 unspecified atom stereocenters. The lowest BCUT2D eigenvalue weighted by Crippen LogP contribution is -2.53. The molecule has 0 aliphatic heterocycles. The summed E-state index contributed by atoms with van der Waals surface area (Å²) >= 11 is 3.44.